The molecule has 0 unspecified atom stereocenters. The number of aromatic nitrogens is 3. The van der Waals surface area contributed by atoms with Crippen molar-refractivity contribution in [2.75, 3.05) is 30.3 Å². The molecular weight excluding hydrogens is 483 g/mol. The molecule has 1 fully saturated rings. The fraction of sp³-hybridized carbons (Fsp3) is 0.333. The monoisotopic (exact) mass is 506 g/mol. The Hall–Kier alpha value is -3.83. The first kappa shape index (κ1) is 25.3. The summed E-state index contributed by atoms with van der Waals surface area (Å²) in [5.41, 5.74) is -0.714. The molecular formula is C24H23F5N6O. The number of rotatable bonds is 9. The molecule has 4 rings (SSSR count). The third-order valence-electron chi connectivity index (χ3n) is 5.61. The van der Waals surface area contributed by atoms with Crippen LogP contribution >= 0.6 is 0 Å². The number of hydrogen-bond donors (Lipinski definition) is 2. The van der Waals surface area contributed by atoms with E-state index >= 15 is 0 Å². The summed E-state index contributed by atoms with van der Waals surface area (Å²) in [4.78, 5) is 25.8. The minimum Gasteiger partial charge on any atom is -0.370 e. The van der Waals surface area contributed by atoms with E-state index in [0.29, 0.717) is 37.9 Å². The minimum atomic E-state index is -4.59. The molecule has 1 saturated heterocycles. The van der Waals surface area contributed by atoms with Gasteiger partial charge in [-0.15, -0.1) is 0 Å². The van der Waals surface area contributed by atoms with Crippen LogP contribution in [0.15, 0.2) is 42.7 Å². The van der Waals surface area contributed by atoms with Crippen molar-refractivity contribution in [1.29, 1.82) is 0 Å². The first-order chi connectivity index (χ1) is 17.2. The van der Waals surface area contributed by atoms with E-state index in [4.69, 9.17) is 0 Å². The Balaban J connectivity index is 1.53. The highest BCUT2D eigenvalue weighted by Crippen LogP contribution is 2.31. The highest BCUT2D eigenvalue weighted by molar-refractivity contribution is 5.78. The molecule has 190 valence electrons. The Labute approximate surface area is 203 Å². The second-order valence-electron chi connectivity index (χ2n) is 8.28. The maximum Gasteiger partial charge on any atom is 0.417 e. The summed E-state index contributed by atoms with van der Waals surface area (Å²) in [6.07, 6.45) is -0.626. The third kappa shape index (κ3) is 6.43. The molecule has 12 heteroatoms. The average molecular weight is 506 g/mol. The van der Waals surface area contributed by atoms with Crippen LogP contribution in [0.5, 0.6) is 0 Å². The molecule has 36 heavy (non-hydrogen) atoms. The molecule has 0 atom stereocenters. The van der Waals surface area contributed by atoms with Gasteiger partial charge in [0.1, 0.15) is 23.3 Å². The first-order valence-electron chi connectivity index (χ1n) is 11.3. The highest BCUT2D eigenvalue weighted by atomic mass is 19.4. The van der Waals surface area contributed by atoms with Crippen molar-refractivity contribution in [2.45, 2.75) is 32.0 Å². The zero-order valence-electron chi connectivity index (χ0n) is 19.1. The van der Waals surface area contributed by atoms with Crippen molar-refractivity contribution in [3.8, 4) is 11.4 Å². The smallest absolute Gasteiger partial charge is 0.370 e. The topological polar surface area (TPSA) is 83.0 Å². The second kappa shape index (κ2) is 10.8. The lowest BCUT2D eigenvalue weighted by Gasteiger charge is -2.16. The Morgan fingerprint density at radius 2 is 1.78 bits per heavy atom. The van der Waals surface area contributed by atoms with Gasteiger partial charge in [-0.05, 0) is 25.0 Å². The van der Waals surface area contributed by atoms with Gasteiger partial charge in [0.2, 0.25) is 5.91 Å². The van der Waals surface area contributed by atoms with Crippen molar-refractivity contribution in [3.63, 3.8) is 0 Å². The molecule has 0 spiro atoms. The minimum absolute atomic E-state index is 0.0181. The lowest BCUT2D eigenvalue weighted by Crippen LogP contribution is -2.27. The molecule has 1 aromatic carbocycles. The maximum absolute atomic E-state index is 14.0. The van der Waals surface area contributed by atoms with Crippen LogP contribution in [0.3, 0.4) is 0 Å². The molecule has 0 aliphatic carbocycles. The Kier molecular flexibility index (Phi) is 7.61. The summed E-state index contributed by atoms with van der Waals surface area (Å²) in [5.74, 6) is -0.801. The van der Waals surface area contributed by atoms with Gasteiger partial charge in [-0.3, -0.25) is 9.78 Å². The third-order valence-corrected chi connectivity index (χ3v) is 5.61. The molecule has 1 amide bonds. The number of halogens is 5. The Bertz CT molecular complexity index is 1240. The van der Waals surface area contributed by atoms with E-state index in [2.05, 4.69) is 25.6 Å². The molecule has 0 radical (unpaired) electrons. The predicted molar refractivity (Wildman–Crippen MR) is 123 cm³/mol. The van der Waals surface area contributed by atoms with Crippen LogP contribution in [0.2, 0.25) is 0 Å². The lowest BCUT2D eigenvalue weighted by atomic mass is 10.2. The second-order valence-corrected chi connectivity index (χ2v) is 8.28. The zero-order chi connectivity index (χ0) is 25.7. The molecule has 7 nitrogen and oxygen atoms in total. The lowest BCUT2D eigenvalue weighted by molar-refractivity contribution is -0.137. The number of alkyl halides is 3. The van der Waals surface area contributed by atoms with Gasteiger partial charge in [0.05, 0.1) is 5.56 Å². The molecule has 2 N–H and O–H groups in total. The van der Waals surface area contributed by atoms with Crippen molar-refractivity contribution < 1.29 is 26.7 Å². The molecule has 1 aliphatic rings. The van der Waals surface area contributed by atoms with Crippen LogP contribution in [0.4, 0.5) is 33.6 Å². The van der Waals surface area contributed by atoms with E-state index in [-0.39, 0.29) is 35.2 Å². The summed E-state index contributed by atoms with van der Waals surface area (Å²) in [5, 5.41) is 6.01. The van der Waals surface area contributed by atoms with Gasteiger partial charge in [0, 0.05) is 68.3 Å². The average Bonchev–Trinajstić information content (AvgIpc) is 3.25. The standard InChI is InChI=1S/C24H23F5N6O/c25-18-5-4-15(19(26)10-18)13-32-21-11-20(31-6-2-8-35-7-1-3-22(35)36)33-23(34-21)16-9-17(14-30-12-16)24(27,28)29/h4-5,9-12,14H,1-3,6-8,13H2,(H2,31,32,33,34). The number of likely N-dealkylation sites (tertiary alicyclic amines) is 1. The van der Waals surface area contributed by atoms with Crippen molar-refractivity contribution in [1.82, 2.24) is 19.9 Å². The summed E-state index contributed by atoms with van der Waals surface area (Å²) in [6, 6.07) is 5.60. The summed E-state index contributed by atoms with van der Waals surface area (Å²) >= 11 is 0. The Morgan fingerprint density at radius 3 is 2.47 bits per heavy atom. The van der Waals surface area contributed by atoms with Crippen LogP contribution in [-0.4, -0.2) is 45.4 Å². The van der Waals surface area contributed by atoms with Gasteiger partial charge < -0.3 is 15.5 Å². The largest absolute Gasteiger partial charge is 0.417 e. The van der Waals surface area contributed by atoms with Crippen molar-refractivity contribution in [3.05, 3.63) is 65.5 Å². The number of pyridine rings is 1. The van der Waals surface area contributed by atoms with Crippen LogP contribution in [0, 0.1) is 11.6 Å². The van der Waals surface area contributed by atoms with Crippen LogP contribution < -0.4 is 10.6 Å². The first-order valence-corrected chi connectivity index (χ1v) is 11.3. The normalized spacial score (nSPS) is 13.8. The molecule has 3 heterocycles. The summed E-state index contributed by atoms with van der Waals surface area (Å²) < 4.78 is 66.8. The van der Waals surface area contributed by atoms with E-state index in [9.17, 15) is 26.7 Å². The van der Waals surface area contributed by atoms with E-state index < -0.39 is 23.4 Å². The fourth-order valence-electron chi connectivity index (χ4n) is 3.75. The van der Waals surface area contributed by atoms with Gasteiger partial charge >= 0.3 is 6.18 Å². The molecule has 2 aromatic heterocycles. The fourth-order valence-corrected chi connectivity index (χ4v) is 3.75. The number of amides is 1. The van der Waals surface area contributed by atoms with E-state index in [0.717, 1.165) is 31.2 Å². The highest BCUT2D eigenvalue weighted by Gasteiger charge is 2.31. The number of nitrogens with zero attached hydrogens (tertiary/aromatic N) is 4. The molecule has 1 aliphatic heterocycles. The van der Waals surface area contributed by atoms with Gasteiger partial charge in [-0.2, -0.15) is 13.2 Å². The number of carbonyl (C=O) groups is 1. The van der Waals surface area contributed by atoms with Gasteiger partial charge in [0.25, 0.3) is 0 Å². The van der Waals surface area contributed by atoms with E-state index in [1.54, 1.807) is 4.90 Å². The van der Waals surface area contributed by atoms with Gasteiger partial charge in [-0.25, -0.2) is 18.7 Å². The number of anilines is 2. The predicted octanol–water partition coefficient (Wildman–Crippen LogP) is 4.87. The van der Waals surface area contributed by atoms with Gasteiger partial charge in [0.15, 0.2) is 5.82 Å². The number of nitrogens with one attached hydrogen (secondary N) is 2. The molecule has 0 saturated carbocycles. The molecule has 3 aromatic rings. The van der Waals surface area contributed by atoms with Crippen molar-refractivity contribution in [2.24, 2.45) is 0 Å². The molecule has 0 bridgehead atoms. The summed E-state index contributed by atoms with van der Waals surface area (Å²) in [6.45, 7) is 1.72. The van der Waals surface area contributed by atoms with Gasteiger partial charge in [-0.1, -0.05) is 6.07 Å². The maximum atomic E-state index is 14.0. The van der Waals surface area contributed by atoms with Crippen LogP contribution in [0.1, 0.15) is 30.4 Å². The van der Waals surface area contributed by atoms with Crippen molar-refractivity contribution >= 4 is 17.5 Å². The zero-order valence-corrected chi connectivity index (χ0v) is 19.1. The van der Waals surface area contributed by atoms with E-state index in [1.165, 1.54) is 18.3 Å². The SMILES string of the molecule is O=C1CCCN1CCCNc1cc(NCc2ccc(F)cc2F)nc(-c2cncc(C(F)(F)F)c2)n1. The number of benzene rings is 1. The van der Waals surface area contributed by atoms with Crippen LogP contribution in [0.25, 0.3) is 11.4 Å². The number of hydrogen-bond acceptors (Lipinski definition) is 6. The van der Waals surface area contributed by atoms with Crippen LogP contribution in [-0.2, 0) is 17.5 Å². The summed E-state index contributed by atoms with van der Waals surface area (Å²) in [7, 11) is 0. The number of carbonyl (C=O) groups excluding carboxylic acids is 1. The Morgan fingerprint density at radius 1 is 1.00 bits per heavy atom. The quantitative estimate of drug-likeness (QED) is 0.318. The van der Waals surface area contributed by atoms with E-state index in [1.807, 2.05) is 0 Å².